The molecule has 1 heterocycles. The maximum atomic E-state index is 5.67. The van der Waals surface area contributed by atoms with Crippen LogP contribution in [0.15, 0.2) is 36.5 Å². The van der Waals surface area contributed by atoms with E-state index in [9.17, 15) is 0 Å². The van der Waals surface area contributed by atoms with Crippen LogP contribution in [0.2, 0.25) is 0 Å². The van der Waals surface area contributed by atoms with Crippen LogP contribution in [-0.2, 0) is 0 Å². The fourth-order valence-electron chi connectivity index (χ4n) is 2.40. The van der Waals surface area contributed by atoms with Crippen molar-refractivity contribution in [2.75, 3.05) is 20.8 Å². The maximum Gasteiger partial charge on any atom is 0.170 e. The molecule has 0 aliphatic carbocycles. The van der Waals surface area contributed by atoms with Crippen LogP contribution in [0.4, 0.5) is 0 Å². The number of hydrogen-bond acceptors (Lipinski definition) is 4. The van der Waals surface area contributed by atoms with Gasteiger partial charge in [-0.25, -0.2) is 0 Å². The number of aromatic nitrogens is 1. The third-order valence-electron chi connectivity index (χ3n) is 3.61. The summed E-state index contributed by atoms with van der Waals surface area (Å²) < 4.78 is 11.0. The molecule has 2 rings (SSSR count). The average molecular weight is 286 g/mol. The minimum atomic E-state index is 0.359. The first-order valence-corrected chi connectivity index (χ1v) is 7.08. The SMILES string of the molecule is COc1cc(C(C)CCN)cc(-c2ccccn2)c1OC. The van der Waals surface area contributed by atoms with Gasteiger partial charge in [0, 0.05) is 11.8 Å². The van der Waals surface area contributed by atoms with E-state index >= 15 is 0 Å². The zero-order valence-corrected chi connectivity index (χ0v) is 12.8. The van der Waals surface area contributed by atoms with Crippen LogP contribution in [-0.4, -0.2) is 25.7 Å². The van der Waals surface area contributed by atoms with Crippen molar-refractivity contribution >= 4 is 0 Å². The number of benzene rings is 1. The number of methoxy groups -OCH3 is 2. The molecule has 1 aromatic heterocycles. The van der Waals surface area contributed by atoms with Gasteiger partial charge in [-0.15, -0.1) is 0 Å². The number of ether oxygens (including phenoxy) is 2. The van der Waals surface area contributed by atoms with Crippen molar-refractivity contribution in [1.82, 2.24) is 4.98 Å². The number of pyridine rings is 1. The minimum Gasteiger partial charge on any atom is -0.493 e. The summed E-state index contributed by atoms with van der Waals surface area (Å²) in [6.07, 6.45) is 2.70. The van der Waals surface area contributed by atoms with Gasteiger partial charge >= 0.3 is 0 Å². The van der Waals surface area contributed by atoms with Crippen LogP contribution in [0.25, 0.3) is 11.3 Å². The van der Waals surface area contributed by atoms with Crippen LogP contribution in [0.3, 0.4) is 0 Å². The van der Waals surface area contributed by atoms with Crippen molar-refractivity contribution in [1.29, 1.82) is 0 Å². The second kappa shape index (κ2) is 7.09. The molecule has 0 spiro atoms. The first-order chi connectivity index (χ1) is 10.2. The Balaban J connectivity index is 2.58. The third-order valence-corrected chi connectivity index (χ3v) is 3.61. The van der Waals surface area contributed by atoms with Gasteiger partial charge in [-0.1, -0.05) is 13.0 Å². The zero-order chi connectivity index (χ0) is 15.2. The molecule has 0 saturated carbocycles. The quantitative estimate of drug-likeness (QED) is 0.886. The molecule has 21 heavy (non-hydrogen) atoms. The Hall–Kier alpha value is -2.07. The second-order valence-electron chi connectivity index (χ2n) is 5.00. The lowest BCUT2D eigenvalue weighted by molar-refractivity contribution is 0.355. The number of nitrogens with two attached hydrogens (primary N) is 1. The largest absolute Gasteiger partial charge is 0.493 e. The summed E-state index contributed by atoms with van der Waals surface area (Å²) in [5, 5.41) is 0. The molecule has 1 unspecified atom stereocenters. The summed E-state index contributed by atoms with van der Waals surface area (Å²) >= 11 is 0. The van der Waals surface area contributed by atoms with Crippen LogP contribution in [0.5, 0.6) is 11.5 Å². The maximum absolute atomic E-state index is 5.67. The van der Waals surface area contributed by atoms with Gasteiger partial charge in [-0.3, -0.25) is 4.98 Å². The van der Waals surface area contributed by atoms with Crippen molar-refractivity contribution in [3.8, 4) is 22.8 Å². The number of nitrogens with zero attached hydrogens (tertiary/aromatic N) is 1. The van der Waals surface area contributed by atoms with E-state index < -0.39 is 0 Å². The zero-order valence-electron chi connectivity index (χ0n) is 12.8. The van der Waals surface area contributed by atoms with Crippen molar-refractivity contribution in [2.24, 2.45) is 5.73 Å². The summed E-state index contributed by atoms with van der Waals surface area (Å²) in [5.41, 5.74) is 8.66. The molecule has 2 aromatic rings. The minimum absolute atomic E-state index is 0.359. The van der Waals surface area contributed by atoms with Crippen molar-refractivity contribution in [3.63, 3.8) is 0 Å². The molecule has 112 valence electrons. The highest BCUT2D eigenvalue weighted by atomic mass is 16.5. The Morgan fingerprint density at radius 3 is 2.57 bits per heavy atom. The highest BCUT2D eigenvalue weighted by Crippen LogP contribution is 2.40. The molecule has 0 aliphatic heterocycles. The molecular formula is C17H22N2O2. The molecule has 0 fully saturated rings. The lowest BCUT2D eigenvalue weighted by Gasteiger charge is -2.18. The van der Waals surface area contributed by atoms with Gasteiger partial charge in [0.15, 0.2) is 11.5 Å². The lowest BCUT2D eigenvalue weighted by atomic mass is 9.94. The molecule has 0 bridgehead atoms. The van der Waals surface area contributed by atoms with Crippen LogP contribution >= 0.6 is 0 Å². The van der Waals surface area contributed by atoms with Gasteiger partial charge in [0.2, 0.25) is 0 Å². The molecule has 2 N–H and O–H groups in total. The van der Waals surface area contributed by atoms with Gasteiger partial charge in [0.1, 0.15) is 0 Å². The summed E-state index contributed by atoms with van der Waals surface area (Å²) in [6, 6.07) is 9.96. The van der Waals surface area contributed by atoms with Gasteiger partial charge < -0.3 is 15.2 Å². The highest BCUT2D eigenvalue weighted by Gasteiger charge is 2.17. The van der Waals surface area contributed by atoms with E-state index in [1.807, 2.05) is 24.3 Å². The molecule has 1 aromatic carbocycles. The first kappa shape index (κ1) is 15.3. The van der Waals surface area contributed by atoms with Gasteiger partial charge in [0.05, 0.1) is 19.9 Å². The second-order valence-corrected chi connectivity index (χ2v) is 5.00. The van der Waals surface area contributed by atoms with Crippen molar-refractivity contribution in [3.05, 3.63) is 42.1 Å². The van der Waals surface area contributed by atoms with E-state index in [1.54, 1.807) is 20.4 Å². The Labute approximate surface area is 125 Å². The Kier molecular flexibility index (Phi) is 5.17. The fraction of sp³-hybridized carbons (Fsp3) is 0.353. The normalized spacial score (nSPS) is 12.0. The standard InChI is InChI=1S/C17H22N2O2/c1-12(7-8-18)13-10-14(15-6-4-5-9-19-15)17(21-3)16(11-13)20-2/h4-6,9-12H,7-8,18H2,1-3H3. The monoisotopic (exact) mass is 286 g/mol. The number of rotatable bonds is 6. The molecule has 4 heteroatoms. The van der Waals surface area contributed by atoms with Gasteiger partial charge in [-0.05, 0) is 48.7 Å². The van der Waals surface area contributed by atoms with Crippen molar-refractivity contribution in [2.45, 2.75) is 19.3 Å². The van der Waals surface area contributed by atoms with E-state index in [0.29, 0.717) is 18.2 Å². The Morgan fingerprint density at radius 1 is 1.19 bits per heavy atom. The molecule has 0 aliphatic rings. The fourth-order valence-corrected chi connectivity index (χ4v) is 2.40. The van der Waals surface area contributed by atoms with Crippen LogP contribution < -0.4 is 15.2 Å². The molecular weight excluding hydrogens is 264 g/mol. The highest BCUT2D eigenvalue weighted by molar-refractivity contribution is 5.72. The van der Waals surface area contributed by atoms with Gasteiger partial charge in [0.25, 0.3) is 0 Å². The molecule has 0 saturated heterocycles. The van der Waals surface area contributed by atoms with Crippen molar-refractivity contribution < 1.29 is 9.47 Å². The van der Waals surface area contributed by atoms with E-state index in [0.717, 1.165) is 23.4 Å². The predicted molar refractivity (Wildman–Crippen MR) is 84.9 cm³/mol. The molecule has 1 atom stereocenters. The average Bonchev–Trinajstić information content (AvgIpc) is 2.54. The Bertz CT molecular complexity index is 585. The summed E-state index contributed by atoms with van der Waals surface area (Å²) in [4.78, 5) is 4.42. The third kappa shape index (κ3) is 3.34. The molecule has 0 radical (unpaired) electrons. The smallest absolute Gasteiger partial charge is 0.170 e. The van der Waals surface area contributed by atoms with Crippen LogP contribution in [0, 0.1) is 0 Å². The van der Waals surface area contributed by atoms with E-state index in [-0.39, 0.29) is 0 Å². The summed E-state index contributed by atoms with van der Waals surface area (Å²) in [5.74, 6) is 1.79. The van der Waals surface area contributed by atoms with Gasteiger partial charge in [-0.2, -0.15) is 0 Å². The summed E-state index contributed by atoms with van der Waals surface area (Å²) in [7, 11) is 3.30. The molecule has 0 amide bonds. The summed E-state index contributed by atoms with van der Waals surface area (Å²) in [6.45, 7) is 2.82. The lowest BCUT2D eigenvalue weighted by Crippen LogP contribution is -2.05. The van der Waals surface area contributed by atoms with E-state index in [1.165, 1.54) is 5.56 Å². The Morgan fingerprint density at radius 2 is 2.00 bits per heavy atom. The molecule has 4 nitrogen and oxygen atoms in total. The van der Waals surface area contributed by atoms with E-state index in [2.05, 4.69) is 18.0 Å². The topological polar surface area (TPSA) is 57.4 Å². The predicted octanol–water partition coefficient (Wildman–Crippen LogP) is 3.22. The van der Waals surface area contributed by atoms with Crippen LogP contribution in [0.1, 0.15) is 24.8 Å². The van der Waals surface area contributed by atoms with E-state index in [4.69, 9.17) is 15.2 Å². The first-order valence-electron chi connectivity index (χ1n) is 7.08. The number of hydrogen-bond donors (Lipinski definition) is 1.